The molecule has 204 valence electrons. The van der Waals surface area contributed by atoms with Crippen LogP contribution in [0.15, 0.2) is 36.4 Å². The van der Waals surface area contributed by atoms with E-state index in [9.17, 15) is 31.1 Å². The molecule has 0 aliphatic heterocycles. The van der Waals surface area contributed by atoms with Crippen molar-refractivity contribution >= 4 is 29.1 Å². The Morgan fingerprint density at radius 2 is 1.59 bits per heavy atom. The zero-order chi connectivity index (χ0) is 27.4. The van der Waals surface area contributed by atoms with Crippen molar-refractivity contribution in [1.82, 2.24) is 10.2 Å². The minimum atomic E-state index is -5.04. The molecule has 0 spiro atoms. The summed E-state index contributed by atoms with van der Waals surface area (Å²) < 4.78 is 79.3. The summed E-state index contributed by atoms with van der Waals surface area (Å²) in [5.74, 6) is -1.30. The Morgan fingerprint density at radius 3 is 2.11 bits per heavy atom. The van der Waals surface area contributed by atoms with Gasteiger partial charge >= 0.3 is 12.4 Å². The highest BCUT2D eigenvalue weighted by Gasteiger charge is 2.37. The van der Waals surface area contributed by atoms with Gasteiger partial charge in [0.15, 0.2) is 0 Å². The summed E-state index contributed by atoms with van der Waals surface area (Å²) in [6.07, 6.45) is -5.14. The molecule has 1 amide bonds. The van der Waals surface area contributed by atoms with Crippen molar-refractivity contribution in [3.05, 3.63) is 68.7 Å². The molecule has 2 aromatic carbocycles. The monoisotopic (exact) mass is 568 g/mol. The summed E-state index contributed by atoms with van der Waals surface area (Å²) in [5, 5.41) is 3.19. The van der Waals surface area contributed by atoms with Crippen LogP contribution in [-0.4, -0.2) is 36.5 Å². The molecule has 1 N–H and O–H groups in total. The van der Waals surface area contributed by atoms with Gasteiger partial charge in [-0.15, -0.1) is 0 Å². The van der Waals surface area contributed by atoms with E-state index in [1.807, 2.05) is 0 Å². The van der Waals surface area contributed by atoms with Crippen molar-refractivity contribution in [1.29, 1.82) is 0 Å². The predicted molar refractivity (Wildman–Crippen MR) is 132 cm³/mol. The molecule has 1 saturated carbocycles. The summed E-state index contributed by atoms with van der Waals surface area (Å²) >= 11 is 12.2. The van der Waals surface area contributed by atoms with Crippen molar-refractivity contribution in [3.8, 4) is 0 Å². The number of carbonyl (C=O) groups excluding carboxylic acids is 1. The number of amides is 1. The smallest absolute Gasteiger partial charge is 0.351 e. The highest BCUT2D eigenvalue weighted by atomic mass is 35.5. The minimum absolute atomic E-state index is 0.000670. The number of hydrogen-bond donors (Lipinski definition) is 1. The number of nitrogens with one attached hydrogen (secondary N) is 1. The van der Waals surface area contributed by atoms with Crippen LogP contribution in [0.25, 0.3) is 0 Å². The third-order valence-electron chi connectivity index (χ3n) is 6.40. The first-order valence-corrected chi connectivity index (χ1v) is 12.8. The standard InChI is InChI=1S/C26H28Cl2F6N2O/c1-2-3-9-36(21-5-6-21)10-8-17(16-4-7-22(27)23(28)13-16)15-35-24(37)18-11-19(25(29,30)31)14-20(12-18)26(32,33)34/h4,7,11-14,17,21H,2-3,5-6,8-10,15H2,1H3,(H,35,37). The number of benzene rings is 2. The van der Waals surface area contributed by atoms with Crippen LogP contribution in [0.4, 0.5) is 26.3 Å². The molecule has 37 heavy (non-hydrogen) atoms. The van der Waals surface area contributed by atoms with E-state index in [1.54, 1.807) is 18.2 Å². The van der Waals surface area contributed by atoms with Gasteiger partial charge in [-0.25, -0.2) is 0 Å². The van der Waals surface area contributed by atoms with Crippen LogP contribution < -0.4 is 5.32 Å². The topological polar surface area (TPSA) is 32.3 Å². The largest absolute Gasteiger partial charge is 0.416 e. The van der Waals surface area contributed by atoms with Gasteiger partial charge in [0.1, 0.15) is 0 Å². The number of rotatable bonds is 11. The maximum Gasteiger partial charge on any atom is 0.416 e. The molecule has 0 saturated heterocycles. The van der Waals surface area contributed by atoms with E-state index in [2.05, 4.69) is 17.1 Å². The Morgan fingerprint density at radius 1 is 0.973 bits per heavy atom. The van der Waals surface area contributed by atoms with Crippen molar-refractivity contribution in [2.24, 2.45) is 0 Å². The molecule has 11 heteroatoms. The van der Waals surface area contributed by atoms with Gasteiger partial charge in [-0.2, -0.15) is 26.3 Å². The fourth-order valence-electron chi connectivity index (χ4n) is 4.16. The van der Waals surface area contributed by atoms with E-state index in [0.717, 1.165) is 44.3 Å². The third kappa shape index (κ3) is 8.52. The Balaban J connectivity index is 1.80. The normalized spacial score (nSPS) is 15.2. The van der Waals surface area contributed by atoms with E-state index in [4.69, 9.17) is 23.2 Å². The fourth-order valence-corrected chi connectivity index (χ4v) is 4.46. The molecule has 3 nitrogen and oxygen atoms in total. The fraction of sp³-hybridized carbons (Fsp3) is 0.500. The quantitative estimate of drug-likeness (QED) is 0.277. The summed E-state index contributed by atoms with van der Waals surface area (Å²) in [5.41, 5.74) is -3.02. The van der Waals surface area contributed by atoms with E-state index >= 15 is 0 Å². The van der Waals surface area contributed by atoms with Crippen molar-refractivity contribution in [2.75, 3.05) is 19.6 Å². The molecule has 0 radical (unpaired) electrons. The van der Waals surface area contributed by atoms with E-state index < -0.39 is 35.0 Å². The number of nitrogens with zero attached hydrogens (tertiary/aromatic N) is 1. The van der Waals surface area contributed by atoms with Crippen LogP contribution in [0.3, 0.4) is 0 Å². The second-order valence-corrected chi connectivity index (χ2v) is 10.1. The SMILES string of the molecule is CCCCN(CCC(CNC(=O)c1cc(C(F)(F)F)cc(C(F)(F)F)c1)c1ccc(Cl)c(Cl)c1)C1CC1. The molecule has 1 aliphatic carbocycles. The Kier molecular flexibility index (Phi) is 9.80. The zero-order valence-electron chi connectivity index (χ0n) is 20.2. The summed E-state index contributed by atoms with van der Waals surface area (Å²) in [6, 6.07) is 6.41. The lowest BCUT2D eigenvalue weighted by molar-refractivity contribution is -0.143. The second-order valence-electron chi connectivity index (χ2n) is 9.28. The maximum absolute atomic E-state index is 13.2. The first-order valence-electron chi connectivity index (χ1n) is 12.1. The van der Waals surface area contributed by atoms with Crippen molar-refractivity contribution in [3.63, 3.8) is 0 Å². The van der Waals surface area contributed by atoms with Crippen LogP contribution >= 0.6 is 23.2 Å². The predicted octanol–water partition coefficient (Wildman–Crippen LogP) is 8.20. The lowest BCUT2D eigenvalue weighted by atomic mass is 9.95. The molecular weight excluding hydrogens is 541 g/mol. The van der Waals surface area contributed by atoms with Gasteiger partial charge < -0.3 is 10.2 Å². The van der Waals surface area contributed by atoms with Gasteiger partial charge in [0.05, 0.1) is 21.2 Å². The van der Waals surface area contributed by atoms with Crippen molar-refractivity contribution < 1.29 is 31.1 Å². The average molecular weight is 569 g/mol. The maximum atomic E-state index is 13.2. The molecule has 1 atom stereocenters. The van der Waals surface area contributed by atoms with E-state index in [1.165, 1.54) is 0 Å². The number of hydrogen-bond acceptors (Lipinski definition) is 2. The lowest BCUT2D eigenvalue weighted by Gasteiger charge is -2.26. The molecule has 1 aliphatic rings. The minimum Gasteiger partial charge on any atom is -0.351 e. The van der Waals surface area contributed by atoms with Gasteiger partial charge in [-0.1, -0.05) is 42.6 Å². The first-order chi connectivity index (χ1) is 17.3. The number of halogens is 8. The van der Waals surface area contributed by atoms with E-state index in [-0.39, 0.29) is 18.5 Å². The van der Waals surface area contributed by atoms with Gasteiger partial charge in [0, 0.05) is 24.1 Å². The van der Waals surface area contributed by atoms with Gasteiger partial charge in [0.25, 0.3) is 5.91 Å². The molecule has 0 aromatic heterocycles. The van der Waals surface area contributed by atoms with Crippen LogP contribution in [0.5, 0.6) is 0 Å². The molecule has 2 aromatic rings. The second kappa shape index (κ2) is 12.3. The Bertz CT molecular complexity index is 1050. The highest BCUT2D eigenvalue weighted by Crippen LogP contribution is 2.36. The summed E-state index contributed by atoms with van der Waals surface area (Å²) in [6.45, 7) is 3.77. The average Bonchev–Trinajstić information content (AvgIpc) is 3.66. The van der Waals surface area contributed by atoms with Crippen molar-refractivity contribution in [2.45, 2.75) is 63.3 Å². The van der Waals surface area contributed by atoms with Crippen LogP contribution in [-0.2, 0) is 12.4 Å². The molecule has 0 bridgehead atoms. The third-order valence-corrected chi connectivity index (χ3v) is 7.14. The number of unbranched alkanes of at least 4 members (excludes halogenated alkanes) is 1. The van der Waals surface area contributed by atoms with Crippen LogP contribution in [0, 0.1) is 0 Å². The summed E-state index contributed by atoms with van der Waals surface area (Å²) in [7, 11) is 0. The number of carbonyl (C=O) groups is 1. The Hall–Kier alpha value is -1.97. The van der Waals surface area contributed by atoms with E-state index in [0.29, 0.717) is 34.6 Å². The highest BCUT2D eigenvalue weighted by molar-refractivity contribution is 6.42. The molecule has 1 unspecified atom stereocenters. The summed E-state index contributed by atoms with van der Waals surface area (Å²) in [4.78, 5) is 15.1. The van der Waals surface area contributed by atoms with Crippen LogP contribution in [0.2, 0.25) is 10.0 Å². The first kappa shape index (κ1) is 29.6. The van der Waals surface area contributed by atoms with Gasteiger partial charge in [-0.05, 0) is 74.7 Å². The van der Waals surface area contributed by atoms with Gasteiger partial charge in [-0.3, -0.25) is 4.79 Å². The molecule has 1 fully saturated rings. The lowest BCUT2D eigenvalue weighted by Crippen LogP contribution is -2.33. The van der Waals surface area contributed by atoms with Crippen LogP contribution in [0.1, 0.15) is 72.0 Å². The molecule has 0 heterocycles. The Labute approximate surface area is 222 Å². The number of alkyl halides is 6. The molecule has 3 rings (SSSR count). The zero-order valence-corrected chi connectivity index (χ0v) is 21.7. The van der Waals surface area contributed by atoms with Gasteiger partial charge in [0.2, 0.25) is 0 Å². The molecular formula is C26H28Cl2F6N2O.